The molecular weight excluding hydrogens is 172 g/mol. The van der Waals surface area contributed by atoms with Gasteiger partial charge in [0.1, 0.15) is 0 Å². The predicted octanol–water partition coefficient (Wildman–Crippen LogP) is 1.22. The molecule has 0 aromatic carbocycles. The van der Waals surface area contributed by atoms with Gasteiger partial charge in [-0.2, -0.15) is 0 Å². The lowest BCUT2D eigenvalue weighted by atomic mass is 9.86. The Balaban J connectivity index is 4.36. The number of carbonyl (C=O) groups is 2. The van der Waals surface area contributed by atoms with Gasteiger partial charge in [-0.05, 0) is 13.3 Å². The Hall–Kier alpha value is -1.32. The lowest BCUT2D eigenvalue weighted by Gasteiger charge is -2.21. The van der Waals surface area contributed by atoms with E-state index in [9.17, 15) is 9.59 Å². The van der Waals surface area contributed by atoms with Gasteiger partial charge in [-0.1, -0.05) is 6.08 Å². The van der Waals surface area contributed by atoms with Crippen molar-refractivity contribution < 1.29 is 19.4 Å². The monoisotopic (exact) mass is 186 g/mol. The maximum atomic E-state index is 11.2. The number of rotatable bonds is 5. The molecule has 74 valence electrons. The van der Waals surface area contributed by atoms with Crippen LogP contribution in [0.25, 0.3) is 0 Å². The van der Waals surface area contributed by atoms with Crippen LogP contribution < -0.4 is 0 Å². The zero-order valence-electron chi connectivity index (χ0n) is 7.87. The van der Waals surface area contributed by atoms with Crippen molar-refractivity contribution in [2.45, 2.75) is 19.8 Å². The first-order valence-corrected chi connectivity index (χ1v) is 3.90. The number of aliphatic carboxylic acids is 1. The molecule has 0 fully saturated rings. The molecule has 1 atom stereocenters. The van der Waals surface area contributed by atoms with Crippen LogP contribution in [0.1, 0.15) is 19.8 Å². The third-order valence-corrected chi connectivity index (χ3v) is 1.96. The summed E-state index contributed by atoms with van der Waals surface area (Å²) in [6.45, 7) is 5.09. The molecule has 0 radical (unpaired) electrons. The van der Waals surface area contributed by atoms with Crippen LogP contribution in [0.2, 0.25) is 0 Å². The molecule has 0 saturated heterocycles. The number of carboxylic acid groups (broad SMARTS) is 1. The van der Waals surface area contributed by atoms with Gasteiger partial charge in [0.2, 0.25) is 0 Å². The van der Waals surface area contributed by atoms with Crippen LogP contribution in [-0.4, -0.2) is 24.2 Å². The molecule has 1 N–H and O–H groups in total. The van der Waals surface area contributed by atoms with E-state index in [-0.39, 0.29) is 12.8 Å². The second-order valence-corrected chi connectivity index (χ2v) is 3.01. The minimum atomic E-state index is -0.933. The first-order valence-electron chi connectivity index (χ1n) is 3.90. The van der Waals surface area contributed by atoms with E-state index in [0.29, 0.717) is 0 Å². The van der Waals surface area contributed by atoms with Crippen molar-refractivity contribution in [2.24, 2.45) is 5.41 Å². The number of hydrogen-bond acceptors (Lipinski definition) is 3. The molecule has 0 aliphatic rings. The van der Waals surface area contributed by atoms with Gasteiger partial charge in [-0.15, -0.1) is 6.58 Å². The number of hydrogen-bond donors (Lipinski definition) is 1. The summed E-state index contributed by atoms with van der Waals surface area (Å²) in [5.74, 6) is -1.39. The van der Waals surface area contributed by atoms with E-state index in [1.807, 2.05) is 0 Å². The smallest absolute Gasteiger partial charge is 0.315 e. The normalized spacial score (nSPS) is 14.3. The van der Waals surface area contributed by atoms with E-state index < -0.39 is 17.4 Å². The zero-order valence-corrected chi connectivity index (χ0v) is 7.87. The molecule has 4 heteroatoms. The van der Waals surface area contributed by atoms with E-state index in [4.69, 9.17) is 5.11 Å². The van der Waals surface area contributed by atoms with Gasteiger partial charge >= 0.3 is 11.9 Å². The standard InChI is InChI=1S/C9H14O4/c1-4-9(2,8(12)13-3)6-5-7(10)11/h4H,1,5-6H2,2-3H3,(H,10,11). The Morgan fingerprint density at radius 2 is 2.15 bits per heavy atom. The highest BCUT2D eigenvalue weighted by atomic mass is 16.5. The molecule has 0 aromatic heterocycles. The number of esters is 1. The van der Waals surface area contributed by atoms with Crippen molar-refractivity contribution in [3.8, 4) is 0 Å². The van der Waals surface area contributed by atoms with Crippen molar-refractivity contribution in [1.82, 2.24) is 0 Å². The van der Waals surface area contributed by atoms with Gasteiger partial charge in [0.15, 0.2) is 0 Å². The number of ether oxygens (including phenoxy) is 1. The molecule has 0 bridgehead atoms. The van der Waals surface area contributed by atoms with Crippen LogP contribution in [0.3, 0.4) is 0 Å². The van der Waals surface area contributed by atoms with Crippen LogP contribution in [0.5, 0.6) is 0 Å². The summed E-state index contributed by atoms with van der Waals surface area (Å²) >= 11 is 0. The lowest BCUT2D eigenvalue weighted by Crippen LogP contribution is -2.27. The number of methoxy groups -OCH3 is 1. The highest BCUT2D eigenvalue weighted by Gasteiger charge is 2.31. The van der Waals surface area contributed by atoms with Crippen LogP contribution in [0.4, 0.5) is 0 Å². The van der Waals surface area contributed by atoms with Crippen molar-refractivity contribution in [2.75, 3.05) is 7.11 Å². The quantitative estimate of drug-likeness (QED) is 0.518. The summed E-state index contributed by atoms with van der Waals surface area (Å²) in [6, 6.07) is 0. The topological polar surface area (TPSA) is 63.6 Å². The van der Waals surface area contributed by atoms with Crippen LogP contribution in [0, 0.1) is 5.41 Å². The molecule has 0 aromatic rings. The summed E-state index contributed by atoms with van der Waals surface area (Å²) in [4.78, 5) is 21.5. The van der Waals surface area contributed by atoms with Crippen LogP contribution in [0.15, 0.2) is 12.7 Å². The SMILES string of the molecule is C=CC(C)(CCC(=O)O)C(=O)OC. The highest BCUT2D eigenvalue weighted by Crippen LogP contribution is 2.25. The average molecular weight is 186 g/mol. The zero-order chi connectivity index (χ0) is 10.5. The Morgan fingerprint density at radius 3 is 2.46 bits per heavy atom. The van der Waals surface area contributed by atoms with Gasteiger partial charge in [0.05, 0.1) is 12.5 Å². The van der Waals surface area contributed by atoms with E-state index >= 15 is 0 Å². The van der Waals surface area contributed by atoms with Gasteiger partial charge in [-0.25, -0.2) is 0 Å². The summed E-state index contributed by atoms with van der Waals surface area (Å²) < 4.78 is 4.54. The Morgan fingerprint density at radius 1 is 1.62 bits per heavy atom. The van der Waals surface area contributed by atoms with Gasteiger partial charge in [0, 0.05) is 6.42 Å². The fourth-order valence-electron chi connectivity index (χ4n) is 0.887. The van der Waals surface area contributed by atoms with Crippen LogP contribution >= 0.6 is 0 Å². The minimum Gasteiger partial charge on any atom is -0.481 e. The molecule has 0 aliphatic carbocycles. The van der Waals surface area contributed by atoms with Crippen molar-refractivity contribution in [1.29, 1.82) is 0 Å². The molecule has 1 unspecified atom stereocenters. The molecular formula is C9H14O4. The summed E-state index contributed by atoms with van der Waals surface area (Å²) in [5, 5.41) is 8.44. The Bertz CT molecular complexity index is 222. The number of carbonyl (C=O) groups excluding carboxylic acids is 1. The van der Waals surface area contributed by atoms with Gasteiger partial charge in [0.25, 0.3) is 0 Å². The second-order valence-electron chi connectivity index (χ2n) is 3.01. The highest BCUT2D eigenvalue weighted by molar-refractivity contribution is 5.79. The van der Waals surface area contributed by atoms with E-state index in [0.717, 1.165) is 0 Å². The fourth-order valence-corrected chi connectivity index (χ4v) is 0.887. The summed E-state index contributed by atoms with van der Waals surface area (Å²) in [7, 11) is 1.27. The van der Waals surface area contributed by atoms with Gasteiger partial charge in [-0.3, -0.25) is 9.59 Å². The minimum absolute atomic E-state index is 0.0718. The largest absolute Gasteiger partial charge is 0.481 e. The maximum absolute atomic E-state index is 11.2. The summed E-state index contributed by atoms with van der Waals surface area (Å²) in [5.41, 5.74) is -0.896. The van der Waals surface area contributed by atoms with Gasteiger partial charge < -0.3 is 9.84 Å². The molecule has 0 saturated carbocycles. The Labute approximate surface area is 77.2 Å². The third-order valence-electron chi connectivity index (χ3n) is 1.96. The molecule has 0 heterocycles. The predicted molar refractivity (Wildman–Crippen MR) is 47.2 cm³/mol. The van der Waals surface area contributed by atoms with E-state index in [2.05, 4.69) is 11.3 Å². The van der Waals surface area contributed by atoms with E-state index in [1.165, 1.54) is 13.2 Å². The third kappa shape index (κ3) is 3.27. The molecule has 4 nitrogen and oxygen atoms in total. The molecule has 0 rings (SSSR count). The first-order chi connectivity index (χ1) is 5.96. The number of carboxylic acids is 1. The first kappa shape index (κ1) is 11.7. The summed E-state index contributed by atoms with van der Waals surface area (Å²) in [6.07, 6.45) is 1.55. The van der Waals surface area contributed by atoms with E-state index in [1.54, 1.807) is 6.92 Å². The fraction of sp³-hybridized carbons (Fsp3) is 0.556. The van der Waals surface area contributed by atoms with Crippen molar-refractivity contribution in [3.05, 3.63) is 12.7 Å². The van der Waals surface area contributed by atoms with Crippen molar-refractivity contribution in [3.63, 3.8) is 0 Å². The molecule has 0 spiro atoms. The molecule has 0 aliphatic heterocycles. The van der Waals surface area contributed by atoms with Crippen molar-refractivity contribution >= 4 is 11.9 Å². The second kappa shape index (κ2) is 4.64. The lowest BCUT2D eigenvalue weighted by molar-refractivity contribution is -0.149. The average Bonchev–Trinajstić information content (AvgIpc) is 2.12. The Kier molecular flexibility index (Phi) is 4.17. The molecule has 0 amide bonds. The molecule has 13 heavy (non-hydrogen) atoms. The van der Waals surface area contributed by atoms with Crippen LogP contribution in [-0.2, 0) is 14.3 Å². The maximum Gasteiger partial charge on any atom is 0.315 e.